The summed E-state index contributed by atoms with van der Waals surface area (Å²) in [6, 6.07) is 17.6. The molecule has 2 aromatic carbocycles. The fourth-order valence-corrected chi connectivity index (χ4v) is 4.02. The highest BCUT2D eigenvalue weighted by atomic mass is 14.3. The van der Waals surface area contributed by atoms with Crippen LogP contribution in [0.25, 0.3) is 12.2 Å². The van der Waals surface area contributed by atoms with Crippen molar-refractivity contribution >= 4 is 12.2 Å². The molecule has 2 unspecified atom stereocenters. The molecule has 0 aliphatic heterocycles. The van der Waals surface area contributed by atoms with Crippen molar-refractivity contribution in [2.75, 3.05) is 0 Å². The van der Waals surface area contributed by atoms with E-state index in [9.17, 15) is 0 Å². The Bertz CT molecular complexity index is 672. The van der Waals surface area contributed by atoms with Crippen LogP contribution in [0.3, 0.4) is 0 Å². The molecule has 22 heavy (non-hydrogen) atoms. The molecule has 2 aliphatic rings. The van der Waals surface area contributed by atoms with E-state index in [0.717, 1.165) is 5.92 Å². The van der Waals surface area contributed by atoms with Crippen LogP contribution < -0.4 is 0 Å². The minimum absolute atomic E-state index is 0.604. The second-order valence-electron chi connectivity index (χ2n) is 6.77. The summed E-state index contributed by atoms with van der Waals surface area (Å²) in [5.41, 5.74) is 5.84. The zero-order valence-corrected chi connectivity index (χ0v) is 13.1. The molecule has 0 heterocycles. The third-order valence-electron chi connectivity index (χ3n) is 5.12. The molecule has 0 fully saturated rings. The SMILES string of the molecule is CC(CC1C=Cc2ccccc21)CC1C=Cc2ccccc21. The standard InChI is InChI=1S/C22H22/c1-16(14-19-12-10-17-6-2-4-8-21(17)19)15-20-13-11-18-7-3-5-9-22(18)20/h2-13,16,19-20H,14-15H2,1H3. The van der Waals surface area contributed by atoms with Crippen LogP contribution in [0.15, 0.2) is 60.7 Å². The van der Waals surface area contributed by atoms with Crippen molar-refractivity contribution in [1.82, 2.24) is 0 Å². The molecule has 0 saturated heterocycles. The molecule has 2 atom stereocenters. The second kappa shape index (κ2) is 5.61. The maximum atomic E-state index is 2.41. The van der Waals surface area contributed by atoms with E-state index in [4.69, 9.17) is 0 Å². The van der Waals surface area contributed by atoms with Crippen LogP contribution in [0.1, 0.15) is 53.9 Å². The Hall–Kier alpha value is -2.08. The van der Waals surface area contributed by atoms with E-state index in [1.54, 1.807) is 0 Å². The van der Waals surface area contributed by atoms with Crippen LogP contribution >= 0.6 is 0 Å². The third-order valence-corrected chi connectivity index (χ3v) is 5.12. The Morgan fingerprint density at radius 1 is 0.727 bits per heavy atom. The fourth-order valence-electron chi connectivity index (χ4n) is 4.02. The Morgan fingerprint density at radius 2 is 1.18 bits per heavy atom. The summed E-state index contributed by atoms with van der Waals surface area (Å²) in [5, 5.41) is 0. The molecule has 0 saturated carbocycles. The zero-order valence-electron chi connectivity index (χ0n) is 13.1. The quantitative estimate of drug-likeness (QED) is 0.644. The molecule has 4 rings (SSSR count). The minimum atomic E-state index is 0.604. The van der Waals surface area contributed by atoms with Gasteiger partial charge in [-0.05, 0) is 41.0 Å². The summed E-state index contributed by atoms with van der Waals surface area (Å²) in [5.74, 6) is 1.93. The normalized spacial score (nSPS) is 22.6. The lowest BCUT2D eigenvalue weighted by Crippen LogP contribution is -2.06. The fraction of sp³-hybridized carbons (Fsp3) is 0.273. The molecule has 0 bridgehead atoms. The van der Waals surface area contributed by atoms with Gasteiger partial charge in [-0.1, -0.05) is 79.8 Å². The molecule has 0 N–H and O–H groups in total. The first-order valence-corrected chi connectivity index (χ1v) is 8.35. The van der Waals surface area contributed by atoms with Crippen LogP contribution in [0.5, 0.6) is 0 Å². The molecular formula is C22H22. The van der Waals surface area contributed by atoms with Gasteiger partial charge in [0.1, 0.15) is 0 Å². The molecule has 110 valence electrons. The van der Waals surface area contributed by atoms with E-state index in [1.165, 1.54) is 35.1 Å². The van der Waals surface area contributed by atoms with Gasteiger partial charge in [0, 0.05) is 11.8 Å². The molecule has 0 nitrogen and oxygen atoms in total. The van der Waals surface area contributed by atoms with Crippen molar-refractivity contribution in [3.63, 3.8) is 0 Å². The van der Waals surface area contributed by atoms with Gasteiger partial charge in [-0.15, -0.1) is 0 Å². The average molecular weight is 286 g/mol. The van der Waals surface area contributed by atoms with Crippen LogP contribution in [0.2, 0.25) is 0 Å². The lowest BCUT2D eigenvalue weighted by molar-refractivity contribution is 0.454. The number of fused-ring (bicyclic) bond motifs is 2. The van der Waals surface area contributed by atoms with E-state index in [2.05, 4.69) is 79.8 Å². The summed E-state index contributed by atoms with van der Waals surface area (Å²) in [6.45, 7) is 2.41. The van der Waals surface area contributed by atoms with Gasteiger partial charge in [-0.2, -0.15) is 0 Å². The third kappa shape index (κ3) is 2.43. The van der Waals surface area contributed by atoms with Crippen LogP contribution in [0, 0.1) is 5.92 Å². The molecule has 0 heteroatoms. The maximum absolute atomic E-state index is 2.41. The molecule has 0 spiro atoms. The van der Waals surface area contributed by atoms with Gasteiger partial charge in [0.15, 0.2) is 0 Å². The number of rotatable bonds is 4. The minimum Gasteiger partial charge on any atom is -0.0764 e. The average Bonchev–Trinajstić information content (AvgIpc) is 3.13. The summed E-state index contributed by atoms with van der Waals surface area (Å²) in [4.78, 5) is 0. The molecule has 2 aliphatic carbocycles. The number of benzene rings is 2. The van der Waals surface area contributed by atoms with Crippen molar-refractivity contribution in [1.29, 1.82) is 0 Å². The molecule has 0 amide bonds. The van der Waals surface area contributed by atoms with Gasteiger partial charge in [-0.3, -0.25) is 0 Å². The van der Waals surface area contributed by atoms with Gasteiger partial charge >= 0.3 is 0 Å². The topological polar surface area (TPSA) is 0 Å². The molecule has 2 aromatic rings. The summed E-state index contributed by atoms with van der Waals surface area (Å²) < 4.78 is 0. The van der Waals surface area contributed by atoms with Gasteiger partial charge in [0.25, 0.3) is 0 Å². The second-order valence-corrected chi connectivity index (χ2v) is 6.77. The predicted molar refractivity (Wildman–Crippen MR) is 94.8 cm³/mol. The highest BCUT2D eigenvalue weighted by Crippen LogP contribution is 2.39. The van der Waals surface area contributed by atoms with E-state index in [0.29, 0.717) is 11.8 Å². The van der Waals surface area contributed by atoms with Gasteiger partial charge < -0.3 is 0 Å². The van der Waals surface area contributed by atoms with Crippen LogP contribution in [0.4, 0.5) is 0 Å². The van der Waals surface area contributed by atoms with Crippen molar-refractivity contribution < 1.29 is 0 Å². The first-order valence-electron chi connectivity index (χ1n) is 8.35. The zero-order chi connectivity index (χ0) is 14.9. The largest absolute Gasteiger partial charge is 0.0764 e. The van der Waals surface area contributed by atoms with E-state index in [1.807, 2.05) is 0 Å². The van der Waals surface area contributed by atoms with Gasteiger partial charge in [-0.25, -0.2) is 0 Å². The lowest BCUT2D eigenvalue weighted by Gasteiger charge is -2.20. The van der Waals surface area contributed by atoms with Crippen molar-refractivity contribution in [3.8, 4) is 0 Å². The Balaban J connectivity index is 1.44. The van der Waals surface area contributed by atoms with Gasteiger partial charge in [0.05, 0.1) is 0 Å². The summed E-state index contributed by atoms with van der Waals surface area (Å²) >= 11 is 0. The predicted octanol–water partition coefficient (Wildman–Crippen LogP) is 6.02. The number of hydrogen-bond donors (Lipinski definition) is 0. The van der Waals surface area contributed by atoms with Crippen molar-refractivity contribution in [2.45, 2.75) is 31.6 Å². The molecular weight excluding hydrogens is 264 g/mol. The highest BCUT2D eigenvalue weighted by molar-refractivity contribution is 5.63. The maximum Gasteiger partial charge on any atom is 0.00297 e. The Morgan fingerprint density at radius 3 is 1.68 bits per heavy atom. The lowest BCUT2D eigenvalue weighted by atomic mass is 9.84. The summed E-state index contributed by atoms with van der Waals surface area (Å²) in [7, 11) is 0. The van der Waals surface area contributed by atoms with Crippen molar-refractivity contribution in [3.05, 3.63) is 82.9 Å². The number of hydrogen-bond acceptors (Lipinski definition) is 0. The van der Waals surface area contributed by atoms with Crippen LogP contribution in [-0.4, -0.2) is 0 Å². The monoisotopic (exact) mass is 286 g/mol. The van der Waals surface area contributed by atoms with Gasteiger partial charge in [0.2, 0.25) is 0 Å². The Kier molecular flexibility index (Phi) is 3.46. The Labute approximate surface area is 133 Å². The number of allylic oxidation sites excluding steroid dienone is 2. The van der Waals surface area contributed by atoms with E-state index < -0.39 is 0 Å². The van der Waals surface area contributed by atoms with E-state index >= 15 is 0 Å². The van der Waals surface area contributed by atoms with Crippen LogP contribution in [-0.2, 0) is 0 Å². The first kappa shape index (κ1) is 13.6. The summed E-state index contributed by atoms with van der Waals surface area (Å²) in [6.07, 6.45) is 11.9. The molecule has 0 radical (unpaired) electrons. The highest BCUT2D eigenvalue weighted by Gasteiger charge is 2.23. The first-order chi connectivity index (χ1) is 10.8. The molecule has 0 aromatic heterocycles. The van der Waals surface area contributed by atoms with E-state index in [-0.39, 0.29) is 0 Å². The smallest absolute Gasteiger partial charge is 0.00297 e. The van der Waals surface area contributed by atoms with Crippen molar-refractivity contribution in [2.24, 2.45) is 5.92 Å².